The van der Waals surface area contributed by atoms with Crippen molar-refractivity contribution < 1.29 is 17.6 Å². The zero-order valence-corrected chi connectivity index (χ0v) is 10.5. The minimum Gasteiger partial charge on any atom is -0.330 e. The van der Waals surface area contributed by atoms with Crippen LogP contribution in [0, 0.1) is 11.7 Å². The maximum absolute atomic E-state index is 13.1. The van der Waals surface area contributed by atoms with E-state index in [9.17, 15) is 17.6 Å². The molecule has 1 fully saturated rings. The van der Waals surface area contributed by atoms with Crippen LogP contribution >= 0.6 is 0 Å². The third-order valence-electron chi connectivity index (χ3n) is 3.72. The molecule has 0 spiro atoms. The second kappa shape index (κ2) is 5.09. The van der Waals surface area contributed by atoms with Crippen molar-refractivity contribution in [3.63, 3.8) is 0 Å². The Balaban J connectivity index is 2.49. The first-order valence-corrected chi connectivity index (χ1v) is 6.11. The molecular weight excluding hydrogens is 260 g/mol. The molecule has 2 rings (SSSR count). The summed E-state index contributed by atoms with van der Waals surface area (Å²) in [5.41, 5.74) is 4.85. The zero-order chi connectivity index (χ0) is 14.2. The van der Waals surface area contributed by atoms with Crippen molar-refractivity contribution in [1.82, 2.24) is 4.90 Å². The van der Waals surface area contributed by atoms with Gasteiger partial charge in [0.05, 0.1) is 5.56 Å². The number of nitrogens with two attached hydrogens (primary N) is 1. The Morgan fingerprint density at radius 1 is 1.37 bits per heavy atom. The zero-order valence-electron chi connectivity index (χ0n) is 10.5. The van der Waals surface area contributed by atoms with Crippen LogP contribution in [0.2, 0.25) is 0 Å². The molecule has 1 aromatic rings. The molecule has 0 aromatic heterocycles. The molecule has 106 valence electrons. The Morgan fingerprint density at radius 3 is 2.63 bits per heavy atom. The van der Waals surface area contributed by atoms with Crippen molar-refractivity contribution in [2.24, 2.45) is 11.7 Å². The second-order valence-corrected chi connectivity index (χ2v) is 4.94. The first-order valence-electron chi connectivity index (χ1n) is 6.11. The van der Waals surface area contributed by atoms with E-state index >= 15 is 0 Å². The maximum atomic E-state index is 13.1. The standard InChI is InChI=1S/C13H16F4N2/c1-19-5-4-8(7-18)12(19)10-3-2-9(14)6-11(10)13(15,16)17/h2-3,6,8,12H,4-5,7,18H2,1H3. The van der Waals surface area contributed by atoms with Crippen LogP contribution in [-0.4, -0.2) is 25.0 Å². The fourth-order valence-electron chi connectivity index (χ4n) is 2.80. The van der Waals surface area contributed by atoms with E-state index in [-0.39, 0.29) is 11.5 Å². The molecular formula is C13H16F4N2. The fraction of sp³-hybridized carbons (Fsp3) is 0.538. The summed E-state index contributed by atoms with van der Waals surface area (Å²) >= 11 is 0. The Morgan fingerprint density at radius 2 is 2.05 bits per heavy atom. The largest absolute Gasteiger partial charge is 0.416 e. The van der Waals surface area contributed by atoms with Gasteiger partial charge in [0, 0.05) is 6.04 Å². The van der Waals surface area contributed by atoms with E-state index in [0.29, 0.717) is 19.2 Å². The highest BCUT2D eigenvalue weighted by Crippen LogP contribution is 2.42. The van der Waals surface area contributed by atoms with Gasteiger partial charge in [-0.1, -0.05) is 6.07 Å². The molecule has 0 bridgehead atoms. The molecule has 0 aliphatic carbocycles. The molecule has 2 unspecified atom stereocenters. The molecule has 0 amide bonds. The molecule has 2 atom stereocenters. The Bertz CT molecular complexity index is 458. The van der Waals surface area contributed by atoms with Gasteiger partial charge >= 0.3 is 6.18 Å². The SMILES string of the molecule is CN1CCC(CN)C1c1ccc(F)cc1C(F)(F)F. The number of likely N-dealkylation sites (tertiary alicyclic amines) is 1. The summed E-state index contributed by atoms with van der Waals surface area (Å²) in [6.07, 6.45) is -3.80. The molecule has 6 heteroatoms. The Labute approximate surface area is 109 Å². The van der Waals surface area contributed by atoms with Gasteiger partial charge in [0.2, 0.25) is 0 Å². The topological polar surface area (TPSA) is 29.3 Å². The van der Waals surface area contributed by atoms with Gasteiger partial charge in [0.25, 0.3) is 0 Å². The summed E-state index contributed by atoms with van der Waals surface area (Å²) in [5.74, 6) is -0.905. The molecule has 1 heterocycles. The predicted molar refractivity (Wildman–Crippen MR) is 63.9 cm³/mol. The van der Waals surface area contributed by atoms with Crippen molar-refractivity contribution in [2.45, 2.75) is 18.6 Å². The van der Waals surface area contributed by atoms with Gasteiger partial charge in [-0.2, -0.15) is 13.2 Å². The van der Waals surface area contributed by atoms with Gasteiger partial charge < -0.3 is 5.73 Å². The molecule has 1 aromatic carbocycles. The molecule has 2 N–H and O–H groups in total. The highest BCUT2D eigenvalue weighted by Gasteiger charge is 2.40. The second-order valence-electron chi connectivity index (χ2n) is 4.94. The summed E-state index contributed by atoms with van der Waals surface area (Å²) in [5, 5.41) is 0. The highest BCUT2D eigenvalue weighted by atomic mass is 19.4. The van der Waals surface area contributed by atoms with Crippen LogP contribution in [0.15, 0.2) is 18.2 Å². The van der Waals surface area contributed by atoms with E-state index in [1.54, 1.807) is 7.05 Å². The van der Waals surface area contributed by atoms with E-state index in [2.05, 4.69) is 0 Å². The van der Waals surface area contributed by atoms with Gasteiger partial charge in [-0.25, -0.2) is 4.39 Å². The number of rotatable bonds is 2. The normalized spacial score (nSPS) is 24.9. The van der Waals surface area contributed by atoms with Crippen LogP contribution < -0.4 is 5.73 Å². The van der Waals surface area contributed by atoms with Gasteiger partial charge in [0.15, 0.2) is 0 Å². The molecule has 0 saturated carbocycles. The van der Waals surface area contributed by atoms with Crippen molar-refractivity contribution in [2.75, 3.05) is 20.1 Å². The quantitative estimate of drug-likeness (QED) is 0.842. The van der Waals surface area contributed by atoms with Crippen molar-refractivity contribution in [1.29, 1.82) is 0 Å². The number of alkyl halides is 3. The van der Waals surface area contributed by atoms with Crippen molar-refractivity contribution in [3.8, 4) is 0 Å². The molecule has 19 heavy (non-hydrogen) atoms. The van der Waals surface area contributed by atoms with Crippen LogP contribution in [0.4, 0.5) is 17.6 Å². The molecule has 1 aliphatic rings. The van der Waals surface area contributed by atoms with Crippen LogP contribution in [0.5, 0.6) is 0 Å². The lowest BCUT2D eigenvalue weighted by molar-refractivity contribution is -0.139. The van der Waals surface area contributed by atoms with E-state index in [0.717, 1.165) is 12.5 Å². The van der Waals surface area contributed by atoms with Crippen LogP contribution in [0.25, 0.3) is 0 Å². The summed E-state index contributed by atoms with van der Waals surface area (Å²) in [4.78, 5) is 1.85. The average molecular weight is 276 g/mol. The minimum absolute atomic E-state index is 0.0310. The smallest absolute Gasteiger partial charge is 0.330 e. The summed E-state index contributed by atoms with van der Waals surface area (Å²) in [7, 11) is 1.77. The number of halogens is 4. The molecule has 1 saturated heterocycles. The number of hydrogen-bond donors (Lipinski definition) is 1. The van der Waals surface area contributed by atoms with Crippen LogP contribution in [0.3, 0.4) is 0 Å². The lowest BCUT2D eigenvalue weighted by Crippen LogP contribution is -2.27. The first kappa shape index (κ1) is 14.3. The van der Waals surface area contributed by atoms with Gasteiger partial charge in [-0.05, 0) is 50.2 Å². The van der Waals surface area contributed by atoms with E-state index in [4.69, 9.17) is 5.73 Å². The maximum Gasteiger partial charge on any atom is 0.416 e. The first-order chi connectivity index (χ1) is 8.84. The van der Waals surface area contributed by atoms with E-state index < -0.39 is 23.6 Å². The molecule has 0 radical (unpaired) electrons. The third kappa shape index (κ3) is 2.74. The fourth-order valence-corrected chi connectivity index (χ4v) is 2.80. The summed E-state index contributed by atoms with van der Waals surface area (Å²) < 4.78 is 52.2. The third-order valence-corrected chi connectivity index (χ3v) is 3.72. The van der Waals surface area contributed by atoms with E-state index in [1.165, 1.54) is 6.07 Å². The predicted octanol–water partition coefficient (Wildman–Crippen LogP) is 2.80. The monoisotopic (exact) mass is 276 g/mol. The minimum atomic E-state index is -4.56. The Kier molecular flexibility index (Phi) is 3.82. The van der Waals surface area contributed by atoms with Gasteiger partial charge in [0.1, 0.15) is 5.82 Å². The Hall–Kier alpha value is -1.14. The molecule has 1 aliphatic heterocycles. The van der Waals surface area contributed by atoms with Crippen LogP contribution in [0.1, 0.15) is 23.6 Å². The van der Waals surface area contributed by atoms with Crippen molar-refractivity contribution in [3.05, 3.63) is 35.1 Å². The summed E-state index contributed by atoms with van der Waals surface area (Å²) in [6.45, 7) is 1.02. The lowest BCUT2D eigenvalue weighted by atomic mass is 9.90. The van der Waals surface area contributed by atoms with Crippen molar-refractivity contribution >= 4 is 0 Å². The van der Waals surface area contributed by atoms with E-state index in [1.807, 2.05) is 4.90 Å². The number of hydrogen-bond acceptors (Lipinski definition) is 2. The number of nitrogens with zero attached hydrogens (tertiary/aromatic N) is 1. The van der Waals surface area contributed by atoms with Crippen LogP contribution in [-0.2, 0) is 6.18 Å². The highest BCUT2D eigenvalue weighted by molar-refractivity contribution is 5.34. The molecule has 2 nitrogen and oxygen atoms in total. The van der Waals surface area contributed by atoms with Gasteiger partial charge in [-0.15, -0.1) is 0 Å². The summed E-state index contributed by atoms with van der Waals surface area (Å²) in [6, 6.07) is 2.47. The van der Waals surface area contributed by atoms with Gasteiger partial charge in [-0.3, -0.25) is 4.90 Å². The lowest BCUT2D eigenvalue weighted by Gasteiger charge is -2.27. The average Bonchev–Trinajstić information content (AvgIpc) is 2.69. The number of benzene rings is 1.